The van der Waals surface area contributed by atoms with Crippen LogP contribution in [-0.2, 0) is 0 Å². The molecule has 6 heteroatoms. The number of β-amino-alcohol motifs (C(OH)–C–C–N with tert-alkyl or cyclic N) is 1. The van der Waals surface area contributed by atoms with Crippen LogP contribution in [0.5, 0.6) is 11.5 Å². The largest absolute Gasteiger partial charge is 0.493 e. The van der Waals surface area contributed by atoms with E-state index in [0.29, 0.717) is 35.7 Å². The van der Waals surface area contributed by atoms with Crippen molar-refractivity contribution in [2.75, 3.05) is 33.4 Å². The highest BCUT2D eigenvalue weighted by Gasteiger charge is 2.21. The van der Waals surface area contributed by atoms with E-state index in [0.717, 1.165) is 25.9 Å². The maximum atomic E-state index is 11.4. The monoisotopic (exact) mass is 364 g/mol. The van der Waals surface area contributed by atoms with Gasteiger partial charge in [-0.3, -0.25) is 4.79 Å². The number of methoxy groups -OCH3 is 1. The minimum atomic E-state index is -0.568. The predicted molar refractivity (Wildman–Crippen MR) is 102 cm³/mol. The number of hydrogen-bond donors (Lipinski definition) is 2. The first-order valence-corrected chi connectivity index (χ1v) is 9.37. The van der Waals surface area contributed by atoms with Gasteiger partial charge in [0.2, 0.25) is 0 Å². The molecule has 1 aliphatic heterocycles. The zero-order chi connectivity index (χ0) is 19.1. The Morgan fingerprint density at radius 2 is 2.00 bits per heavy atom. The summed E-state index contributed by atoms with van der Waals surface area (Å²) in [6, 6.07) is 6.17. The molecule has 0 bridgehead atoms. The highest BCUT2D eigenvalue weighted by atomic mass is 16.5. The Kier molecular flexibility index (Phi) is 7.87. The lowest BCUT2D eigenvalue weighted by Gasteiger charge is -2.34. The second kappa shape index (κ2) is 9.90. The molecule has 2 N–H and O–H groups in total. The van der Waals surface area contributed by atoms with Crippen LogP contribution in [0.25, 0.3) is 0 Å². The van der Waals surface area contributed by atoms with Gasteiger partial charge < -0.3 is 24.8 Å². The van der Waals surface area contributed by atoms with Crippen LogP contribution in [0, 0.1) is 0 Å². The van der Waals surface area contributed by atoms with Crippen molar-refractivity contribution in [3.05, 3.63) is 23.8 Å². The van der Waals surface area contributed by atoms with Crippen molar-refractivity contribution in [3.63, 3.8) is 0 Å². The number of nitrogens with one attached hydrogen (secondary N) is 1. The third-order valence-electron chi connectivity index (χ3n) is 4.63. The average Bonchev–Trinajstić information content (AvgIpc) is 2.61. The van der Waals surface area contributed by atoms with Crippen molar-refractivity contribution in [2.45, 2.75) is 51.8 Å². The highest BCUT2D eigenvalue weighted by molar-refractivity contribution is 5.94. The molecule has 0 aliphatic carbocycles. The van der Waals surface area contributed by atoms with E-state index >= 15 is 0 Å². The lowest BCUT2D eigenvalue weighted by atomic mass is 10.0. The molecule has 0 saturated carbocycles. The number of ketones is 1. The number of hydrogen-bond acceptors (Lipinski definition) is 6. The van der Waals surface area contributed by atoms with Crippen LogP contribution in [0.15, 0.2) is 18.2 Å². The zero-order valence-electron chi connectivity index (χ0n) is 16.3. The maximum Gasteiger partial charge on any atom is 0.161 e. The molecule has 1 aromatic carbocycles. The van der Waals surface area contributed by atoms with Gasteiger partial charge in [-0.05, 0) is 51.1 Å². The van der Waals surface area contributed by atoms with Gasteiger partial charge in [-0.15, -0.1) is 0 Å². The second-order valence-electron chi connectivity index (χ2n) is 7.28. The number of rotatable bonds is 9. The van der Waals surface area contributed by atoms with Crippen molar-refractivity contribution in [1.82, 2.24) is 10.2 Å². The number of benzene rings is 1. The smallest absolute Gasteiger partial charge is 0.161 e. The molecule has 1 aromatic rings. The molecule has 26 heavy (non-hydrogen) atoms. The van der Waals surface area contributed by atoms with Gasteiger partial charge >= 0.3 is 0 Å². The Morgan fingerprint density at radius 3 is 2.58 bits per heavy atom. The van der Waals surface area contributed by atoms with Gasteiger partial charge in [0, 0.05) is 24.2 Å². The molecule has 0 radical (unpaired) electrons. The Hall–Kier alpha value is -1.63. The summed E-state index contributed by atoms with van der Waals surface area (Å²) in [6.45, 7) is 8.62. The summed E-state index contributed by atoms with van der Waals surface area (Å²) in [5, 5.41) is 13.9. The fourth-order valence-electron chi connectivity index (χ4n) is 3.30. The highest BCUT2D eigenvalue weighted by Crippen LogP contribution is 2.28. The van der Waals surface area contributed by atoms with Crippen LogP contribution in [0.3, 0.4) is 0 Å². The molecule has 146 valence electrons. The minimum absolute atomic E-state index is 0.0229. The van der Waals surface area contributed by atoms with E-state index in [4.69, 9.17) is 9.47 Å². The molecule has 0 aromatic heterocycles. The van der Waals surface area contributed by atoms with Crippen molar-refractivity contribution >= 4 is 5.78 Å². The van der Waals surface area contributed by atoms with Gasteiger partial charge in [0.25, 0.3) is 0 Å². The standard InChI is InChI=1S/C20H32N2O4/c1-14(2)21-17-7-9-22(10-8-17)12-18(24)13-26-19-6-5-16(15(3)23)11-20(19)25-4/h5-6,11,14,17-18,21,24H,7-10,12-13H2,1-4H3. The van der Waals surface area contributed by atoms with Gasteiger partial charge in [0.1, 0.15) is 12.7 Å². The fraction of sp³-hybridized carbons (Fsp3) is 0.650. The van der Waals surface area contributed by atoms with Crippen molar-refractivity contribution in [3.8, 4) is 11.5 Å². The van der Waals surface area contributed by atoms with Crippen LogP contribution in [0.4, 0.5) is 0 Å². The summed E-state index contributed by atoms with van der Waals surface area (Å²) in [5.74, 6) is 1.02. The predicted octanol–water partition coefficient (Wildman–Crippen LogP) is 2.10. The third-order valence-corrected chi connectivity index (χ3v) is 4.63. The van der Waals surface area contributed by atoms with E-state index in [-0.39, 0.29) is 12.4 Å². The first kappa shape index (κ1) is 20.7. The van der Waals surface area contributed by atoms with E-state index in [9.17, 15) is 9.90 Å². The van der Waals surface area contributed by atoms with Crippen molar-refractivity contribution in [1.29, 1.82) is 0 Å². The number of aliphatic hydroxyl groups is 1. The molecule has 0 spiro atoms. The van der Waals surface area contributed by atoms with Crippen LogP contribution >= 0.6 is 0 Å². The van der Waals surface area contributed by atoms with E-state index in [2.05, 4.69) is 24.1 Å². The molecular formula is C20H32N2O4. The molecule has 2 rings (SSSR count). The molecule has 1 atom stereocenters. The lowest BCUT2D eigenvalue weighted by molar-refractivity contribution is 0.0566. The van der Waals surface area contributed by atoms with Crippen molar-refractivity contribution < 1.29 is 19.4 Å². The van der Waals surface area contributed by atoms with Crippen LogP contribution < -0.4 is 14.8 Å². The van der Waals surface area contributed by atoms with Crippen molar-refractivity contribution in [2.24, 2.45) is 0 Å². The number of Topliss-reactive ketones (excluding diaryl/α,β-unsaturated/α-hetero) is 1. The minimum Gasteiger partial charge on any atom is -0.493 e. The molecule has 1 heterocycles. The molecule has 1 unspecified atom stereocenters. The summed E-state index contributed by atoms with van der Waals surface area (Å²) < 4.78 is 11.0. The molecule has 0 amide bonds. The van der Waals surface area contributed by atoms with Gasteiger partial charge in [-0.1, -0.05) is 13.8 Å². The normalized spacial score (nSPS) is 17.3. The summed E-state index contributed by atoms with van der Waals surface area (Å²) in [4.78, 5) is 13.7. The van der Waals surface area contributed by atoms with Gasteiger partial charge in [0.15, 0.2) is 17.3 Å². The Morgan fingerprint density at radius 1 is 1.31 bits per heavy atom. The summed E-state index contributed by atoms with van der Waals surface area (Å²) in [7, 11) is 1.54. The SMILES string of the molecule is COc1cc(C(C)=O)ccc1OCC(O)CN1CCC(NC(C)C)CC1. The fourth-order valence-corrected chi connectivity index (χ4v) is 3.30. The molecule has 1 saturated heterocycles. The average molecular weight is 364 g/mol. The van der Waals surface area contributed by atoms with E-state index in [1.165, 1.54) is 14.0 Å². The Bertz CT molecular complexity index is 583. The number of likely N-dealkylation sites (tertiary alicyclic amines) is 1. The van der Waals surface area contributed by atoms with E-state index < -0.39 is 6.10 Å². The Labute approximate surface area is 156 Å². The second-order valence-corrected chi connectivity index (χ2v) is 7.28. The summed E-state index contributed by atoms with van der Waals surface area (Å²) >= 11 is 0. The number of carbonyl (C=O) groups excluding carboxylic acids is 1. The molecule has 1 aliphatic rings. The number of piperidine rings is 1. The zero-order valence-corrected chi connectivity index (χ0v) is 16.3. The number of ether oxygens (including phenoxy) is 2. The lowest BCUT2D eigenvalue weighted by Crippen LogP contribution is -2.47. The van der Waals surface area contributed by atoms with Gasteiger partial charge in [-0.25, -0.2) is 0 Å². The van der Waals surface area contributed by atoms with Crippen LogP contribution in [0.2, 0.25) is 0 Å². The molecular weight excluding hydrogens is 332 g/mol. The molecule has 1 fully saturated rings. The van der Waals surface area contributed by atoms with Gasteiger partial charge in [-0.2, -0.15) is 0 Å². The number of carbonyl (C=O) groups is 1. The van der Waals surface area contributed by atoms with Crippen LogP contribution in [0.1, 0.15) is 44.0 Å². The maximum absolute atomic E-state index is 11.4. The number of aliphatic hydroxyl groups excluding tert-OH is 1. The van der Waals surface area contributed by atoms with E-state index in [1.807, 2.05) is 0 Å². The summed E-state index contributed by atoms with van der Waals surface area (Å²) in [6.07, 6.45) is 1.64. The Balaban J connectivity index is 1.79. The summed E-state index contributed by atoms with van der Waals surface area (Å²) in [5.41, 5.74) is 0.577. The quantitative estimate of drug-likeness (QED) is 0.654. The topological polar surface area (TPSA) is 71.0 Å². The van der Waals surface area contributed by atoms with Gasteiger partial charge in [0.05, 0.1) is 7.11 Å². The number of nitrogens with zero attached hydrogens (tertiary/aromatic N) is 1. The van der Waals surface area contributed by atoms with Crippen LogP contribution in [-0.4, -0.2) is 67.3 Å². The third kappa shape index (κ3) is 6.27. The van der Waals surface area contributed by atoms with E-state index in [1.54, 1.807) is 18.2 Å². The first-order valence-electron chi connectivity index (χ1n) is 9.37. The first-order chi connectivity index (χ1) is 12.4. The molecule has 6 nitrogen and oxygen atoms in total.